The fourth-order valence-electron chi connectivity index (χ4n) is 1.45. The van der Waals surface area contributed by atoms with E-state index in [1.165, 1.54) is 19.2 Å². The van der Waals surface area contributed by atoms with Crippen molar-refractivity contribution in [1.29, 1.82) is 0 Å². The van der Waals surface area contributed by atoms with Gasteiger partial charge in [0.25, 0.3) is 5.69 Å². The zero-order valence-electron chi connectivity index (χ0n) is 10.6. The van der Waals surface area contributed by atoms with E-state index in [-0.39, 0.29) is 5.69 Å². The highest BCUT2D eigenvalue weighted by molar-refractivity contribution is 5.48. The van der Waals surface area contributed by atoms with Crippen LogP contribution >= 0.6 is 0 Å². The summed E-state index contributed by atoms with van der Waals surface area (Å²) < 4.78 is 10.6. The van der Waals surface area contributed by atoms with E-state index in [0.717, 1.165) is 19.5 Å². The first-order valence-corrected chi connectivity index (χ1v) is 5.85. The molecule has 0 aliphatic heterocycles. The minimum atomic E-state index is -0.461. The molecule has 0 saturated heterocycles. The van der Waals surface area contributed by atoms with E-state index in [9.17, 15) is 10.1 Å². The van der Waals surface area contributed by atoms with Crippen molar-refractivity contribution in [2.45, 2.75) is 13.3 Å². The molecule has 0 aliphatic carbocycles. The molecule has 1 aromatic rings. The van der Waals surface area contributed by atoms with Crippen LogP contribution in [0.5, 0.6) is 11.5 Å². The third-order valence-corrected chi connectivity index (χ3v) is 2.36. The zero-order chi connectivity index (χ0) is 13.4. The Labute approximate surface area is 106 Å². The standard InChI is InChI=1S/C12H18N2O4/c1-3-13-7-4-8-18-11-6-5-10(14(15)16)9-12(11)17-2/h5-6,9,13H,3-4,7-8H2,1-2H3. The number of ether oxygens (including phenoxy) is 2. The van der Waals surface area contributed by atoms with E-state index in [2.05, 4.69) is 5.32 Å². The summed E-state index contributed by atoms with van der Waals surface area (Å²) in [4.78, 5) is 10.2. The molecule has 100 valence electrons. The molecule has 0 aliphatic rings. The van der Waals surface area contributed by atoms with Gasteiger partial charge in [-0.25, -0.2) is 0 Å². The Morgan fingerprint density at radius 2 is 2.17 bits per heavy atom. The largest absolute Gasteiger partial charge is 0.493 e. The first-order chi connectivity index (χ1) is 8.69. The van der Waals surface area contributed by atoms with Crippen LogP contribution in [0.25, 0.3) is 0 Å². The van der Waals surface area contributed by atoms with Crippen molar-refractivity contribution in [2.75, 3.05) is 26.8 Å². The summed E-state index contributed by atoms with van der Waals surface area (Å²) in [5, 5.41) is 13.8. The van der Waals surface area contributed by atoms with E-state index < -0.39 is 4.92 Å². The lowest BCUT2D eigenvalue weighted by molar-refractivity contribution is -0.384. The average Bonchev–Trinajstić information content (AvgIpc) is 2.38. The van der Waals surface area contributed by atoms with Gasteiger partial charge in [0.05, 0.1) is 24.7 Å². The van der Waals surface area contributed by atoms with E-state index >= 15 is 0 Å². The molecule has 1 N–H and O–H groups in total. The topological polar surface area (TPSA) is 73.6 Å². The molecule has 0 heterocycles. The predicted molar refractivity (Wildman–Crippen MR) is 68.3 cm³/mol. The second kappa shape index (κ2) is 7.50. The lowest BCUT2D eigenvalue weighted by Crippen LogP contribution is -2.16. The third kappa shape index (κ3) is 4.21. The van der Waals surface area contributed by atoms with Gasteiger partial charge >= 0.3 is 0 Å². The van der Waals surface area contributed by atoms with Crippen molar-refractivity contribution < 1.29 is 14.4 Å². The number of nitrogens with zero attached hydrogens (tertiary/aromatic N) is 1. The maximum absolute atomic E-state index is 10.6. The highest BCUT2D eigenvalue weighted by atomic mass is 16.6. The number of hydrogen-bond acceptors (Lipinski definition) is 5. The van der Waals surface area contributed by atoms with Gasteiger partial charge in [-0.3, -0.25) is 10.1 Å². The Bertz CT molecular complexity index is 396. The molecule has 0 aromatic heterocycles. The van der Waals surface area contributed by atoms with Crippen LogP contribution in [0.1, 0.15) is 13.3 Å². The lowest BCUT2D eigenvalue weighted by Gasteiger charge is -2.10. The monoisotopic (exact) mass is 254 g/mol. The molecular weight excluding hydrogens is 236 g/mol. The molecule has 0 saturated carbocycles. The highest BCUT2D eigenvalue weighted by Crippen LogP contribution is 2.31. The van der Waals surface area contributed by atoms with Crippen LogP contribution in [0.15, 0.2) is 18.2 Å². The molecule has 1 aromatic carbocycles. The first-order valence-electron chi connectivity index (χ1n) is 5.85. The van der Waals surface area contributed by atoms with Crippen LogP contribution in [0.3, 0.4) is 0 Å². The van der Waals surface area contributed by atoms with Crippen LogP contribution in [-0.4, -0.2) is 31.7 Å². The number of hydrogen-bond donors (Lipinski definition) is 1. The van der Waals surface area contributed by atoms with Crippen LogP contribution < -0.4 is 14.8 Å². The van der Waals surface area contributed by atoms with Crippen molar-refractivity contribution in [3.05, 3.63) is 28.3 Å². The van der Waals surface area contributed by atoms with Crippen LogP contribution in [-0.2, 0) is 0 Å². The molecule has 0 amide bonds. The summed E-state index contributed by atoms with van der Waals surface area (Å²) in [6.07, 6.45) is 0.869. The van der Waals surface area contributed by atoms with Gasteiger partial charge in [0.1, 0.15) is 0 Å². The third-order valence-electron chi connectivity index (χ3n) is 2.36. The fourth-order valence-corrected chi connectivity index (χ4v) is 1.45. The summed E-state index contributed by atoms with van der Waals surface area (Å²) in [6, 6.07) is 4.33. The smallest absolute Gasteiger partial charge is 0.273 e. The molecule has 6 heteroatoms. The van der Waals surface area contributed by atoms with Crippen molar-refractivity contribution in [1.82, 2.24) is 5.32 Å². The highest BCUT2D eigenvalue weighted by Gasteiger charge is 2.11. The number of nitrogens with one attached hydrogen (secondary N) is 1. The summed E-state index contributed by atoms with van der Waals surface area (Å²) in [5.74, 6) is 0.909. The molecule has 0 radical (unpaired) electrons. The maximum Gasteiger partial charge on any atom is 0.273 e. The van der Waals surface area contributed by atoms with Crippen LogP contribution in [0, 0.1) is 10.1 Å². The average molecular weight is 254 g/mol. The van der Waals surface area contributed by atoms with E-state index in [0.29, 0.717) is 18.1 Å². The molecule has 0 fully saturated rings. The van der Waals surface area contributed by atoms with Crippen LogP contribution in [0.2, 0.25) is 0 Å². The number of nitro groups is 1. The van der Waals surface area contributed by atoms with Gasteiger partial charge < -0.3 is 14.8 Å². The summed E-state index contributed by atoms with van der Waals surface area (Å²) in [7, 11) is 1.46. The quantitative estimate of drug-likeness (QED) is 0.436. The minimum Gasteiger partial charge on any atom is -0.493 e. The van der Waals surface area contributed by atoms with E-state index in [1.54, 1.807) is 6.07 Å². The number of benzene rings is 1. The van der Waals surface area contributed by atoms with E-state index in [1.807, 2.05) is 6.92 Å². The Morgan fingerprint density at radius 1 is 1.39 bits per heavy atom. The Kier molecular flexibility index (Phi) is 5.93. The Balaban J connectivity index is 2.57. The molecule has 1 rings (SSSR count). The number of methoxy groups -OCH3 is 1. The molecule has 6 nitrogen and oxygen atoms in total. The fraction of sp³-hybridized carbons (Fsp3) is 0.500. The van der Waals surface area contributed by atoms with Gasteiger partial charge in [0.15, 0.2) is 11.5 Å². The Hall–Kier alpha value is -1.82. The van der Waals surface area contributed by atoms with Crippen molar-refractivity contribution in [3.63, 3.8) is 0 Å². The second-order valence-electron chi connectivity index (χ2n) is 3.65. The Morgan fingerprint density at radius 3 is 2.78 bits per heavy atom. The number of rotatable bonds is 8. The van der Waals surface area contributed by atoms with Gasteiger partial charge in [0, 0.05) is 6.07 Å². The van der Waals surface area contributed by atoms with Gasteiger partial charge in [-0.1, -0.05) is 6.92 Å². The maximum atomic E-state index is 10.6. The number of nitro benzene ring substituents is 1. The molecule has 18 heavy (non-hydrogen) atoms. The van der Waals surface area contributed by atoms with E-state index in [4.69, 9.17) is 9.47 Å². The summed E-state index contributed by atoms with van der Waals surface area (Å²) >= 11 is 0. The summed E-state index contributed by atoms with van der Waals surface area (Å²) in [6.45, 7) is 4.40. The zero-order valence-corrected chi connectivity index (χ0v) is 10.6. The molecule has 0 atom stereocenters. The molecular formula is C12H18N2O4. The van der Waals surface area contributed by atoms with Crippen molar-refractivity contribution in [2.24, 2.45) is 0 Å². The van der Waals surface area contributed by atoms with Crippen molar-refractivity contribution in [3.8, 4) is 11.5 Å². The van der Waals surface area contributed by atoms with Crippen LogP contribution in [0.4, 0.5) is 5.69 Å². The normalized spacial score (nSPS) is 10.1. The van der Waals surface area contributed by atoms with Crippen molar-refractivity contribution >= 4 is 5.69 Å². The van der Waals surface area contributed by atoms with Gasteiger partial charge in [-0.2, -0.15) is 0 Å². The second-order valence-corrected chi connectivity index (χ2v) is 3.65. The molecule has 0 bridgehead atoms. The first kappa shape index (κ1) is 14.2. The minimum absolute atomic E-state index is 0.00755. The van der Waals surface area contributed by atoms with Gasteiger partial charge in [-0.05, 0) is 25.6 Å². The molecule has 0 spiro atoms. The van der Waals surface area contributed by atoms with Gasteiger partial charge in [-0.15, -0.1) is 0 Å². The predicted octanol–water partition coefficient (Wildman–Crippen LogP) is 1.98. The SMILES string of the molecule is CCNCCCOc1ccc([N+](=O)[O-])cc1OC. The summed E-state index contributed by atoms with van der Waals surface area (Å²) in [5.41, 5.74) is -0.00755. The molecule has 0 unspecified atom stereocenters. The van der Waals surface area contributed by atoms with Gasteiger partial charge in [0.2, 0.25) is 0 Å². The lowest BCUT2D eigenvalue weighted by atomic mass is 10.3. The number of non-ortho nitro benzene ring substituents is 1.